The van der Waals surface area contributed by atoms with Crippen molar-refractivity contribution in [2.45, 2.75) is 0 Å². The summed E-state index contributed by atoms with van der Waals surface area (Å²) in [4.78, 5) is 11.0. The fraction of sp³-hybridized carbons (Fsp3) is 0.400. The van der Waals surface area contributed by atoms with E-state index in [1.54, 1.807) is 0 Å². The third-order valence-corrected chi connectivity index (χ3v) is 1.19. The number of anilines is 2. The number of nitrogens with one attached hydrogen (secondary N) is 1. The zero-order valence-corrected chi connectivity index (χ0v) is 6.91. The monoisotopic (exact) mass is 189 g/mol. The van der Waals surface area contributed by atoms with Crippen LogP contribution in [-0.4, -0.2) is 33.2 Å². The molecule has 0 aromatic carbocycles. The molecular formula is C5H8ClN5O. The molecule has 1 heterocycles. The summed E-state index contributed by atoms with van der Waals surface area (Å²) in [6.07, 6.45) is 0. The lowest BCUT2D eigenvalue weighted by Crippen LogP contribution is -2.10. The summed E-state index contributed by atoms with van der Waals surface area (Å²) in [6.45, 7) is 0.336. The van der Waals surface area contributed by atoms with E-state index in [-0.39, 0.29) is 23.8 Å². The van der Waals surface area contributed by atoms with Crippen LogP contribution < -0.4 is 11.1 Å². The van der Waals surface area contributed by atoms with Gasteiger partial charge in [0.2, 0.25) is 17.2 Å². The van der Waals surface area contributed by atoms with E-state index in [1.165, 1.54) is 0 Å². The average molecular weight is 190 g/mol. The smallest absolute Gasteiger partial charge is 0.228 e. The fourth-order valence-electron chi connectivity index (χ4n) is 0.612. The second kappa shape index (κ2) is 4.03. The van der Waals surface area contributed by atoms with Crippen molar-refractivity contribution in [3.63, 3.8) is 0 Å². The van der Waals surface area contributed by atoms with Crippen LogP contribution in [0.25, 0.3) is 0 Å². The summed E-state index contributed by atoms with van der Waals surface area (Å²) in [6, 6.07) is 0. The Bertz CT molecular complexity index is 248. The molecule has 1 rings (SSSR count). The lowest BCUT2D eigenvalue weighted by Gasteiger charge is -2.01. The van der Waals surface area contributed by atoms with Crippen molar-refractivity contribution in [1.82, 2.24) is 15.0 Å². The summed E-state index contributed by atoms with van der Waals surface area (Å²) in [7, 11) is 0. The highest BCUT2D eigenvalue weighted by atomic mass is 35.5. The predicted octanol–water partition coefficient (Wildman–Crippen LogP) is -0.489. The Morgan fingerprint density at radius 3 is 2.75 bits per heavy atom. The van der Waals surface area contributed by atoms with Crippen molar-refractivity contribution in [2.75, 3.05) is 24.2 Å². The van der Waals surface area contributed by atoms with Crippen molar-refractivity contribution in [3.05, 3.63) is 5.28 Å². The Hall–Kier alpha value is -1.14. The summed E-state index contributed by atoms with van der Waals surface area (Å²) < 4.78 is 0. The predicted molar refractivity (Wildman–Crippen MR) is 44.8 cm³/mol. The minimum Gasteiger partial charge on any atom is -0.395 e. The van der Waals surface area contributed by atoms with E-state index < -0.39 is 0 Å². The summed E-state index contributed by atoms with van der Waals surface area (Å²) in [5.41, 5.74) is 5.28. The maximum atomic E-state index is 8.47. The zero-order valence-electron chi connectivity index (χ0n) is 6.16. The molecule has 0 saturated carbocycles. The van der Waals surface area contributed by atoms with Gasteiger partial charge in [-0.05, 0) is 11.6 Å². The van der Waals surface area contributed by atoms with Crippen molar-refractivity contribution >= 4 is 23.5 Å². The molecule has 0 fully saturated rings. The average Bonchev–Trinajstić information content (AvgIpc) is 1.99. The van der Waals surface area contributed by atoms with Gasteiger partial charge in [0.05, 0.1) is 6.61 Å². The molecule has 0 unspecified atom stereocenters. The van der Waals surface area contributed by atoms with Crippen molar-refractivity contribution < 1.29 is 5.11 Å². The van der Waals surface area contributed by atoms with Gasteiger partial charge in [0.15, 0.2) is 0 Å². The number of nitrogens with two attached hydrogens (primary N) is 1. The summed E-state index contributed by atoms with van der Waals surface area (Å²) in [5.74, 6) is 0.317. The van der Waals surface area contributed by atoms with Gasteiger partial charge in [-0.2, -0.15) is 15.0 Å². The molecular weight excluding hydrogens is 182 g/mol. The first-order chi connectivity index (χ1) is 5.72. The zero-order chi connectivity index (χ0) is 8.97. The third-order valence-electron chi connectivity index (χ3n) is 1.02. The third kappa shape index (κ3) is 2.48. The molecule has 0 saturated heterocycles. The molecule has 0 radical (unpaired) electrons. The Labute approximate surface area is 73.8 Å². The molecule has 0 spiro atoms. The van der Waals surface area contributed by atoms with Crippen LogP contribution in [0, 0.1) is 0 Å². The van der Waals surface area contributed by atoms with Crippen LogP contribution in [0.5, 0.6) is 0 Å². The highest BCUT2D eigenvalue weighted by Gasteiger charge is 1.99. The lowest BCUT2D eigenvalue weighted by molar-refractivity contribution is 0.311. The number of aliphatic hydroxyl groups is 1. The van der Waals surface area contributed by atoms with Crippen LogP contribution in [0.4, 0.5) is 11.9 Å². The van der Waals surface area contributed by atoms with Gasteiger partial charge in [-0.25, -0.2) is 0 Å². The second-order valence-corrected chi connectivity index (χ2v) is 2.27. The maximum absolute atomic E-state index is 8.47. The topological polar surface area (TPSA) is 97.0 Å². The first kappa shape index (κ1) is 8.95. The molecule has 1 aromatic heterocycles. The fourth-order valence-corrected chi connectivity index (χ4v) is 0.779. The SMILES string of the molecule is Nc1nc(Cl)nc(NCCO)n1. The van der Waals surface area contributed by atoms with Crippen LogP contribution in [0.1, 0.15) is 0 Å². The van der Waals surface area contributed by atoms with Crippen LogP contribution in [0.3, 0.4) is 0 Å². The first-order valence-corrected chi connectivity index (χ1v) is 3.62. The molecule has 0 aliphatic heterocycles. The number of hydrogen-bond acceptors (Lipinski definition) is 6. The molecule has 12 heavy (non-hydrogen) atoms. The quantitative estimate of drug-likeness (QED) is 0.594. The normalized spacial score (nSPS) is 9.83. The number of aliphatic hydroxyl groups excluding tert-OH is 1. The van der Waals surface area contributed by atoms with Gasteiger partial charge in [-0.15, -0.1) is 0 Å². The van der Waals surface area contributed by atoms with E-state index in [4.69, 9.17) is 22.4 Å². The molecule has 0 aliphatic rings. The van der Waals surface area contributed by atoms with Gasteiger partial charge in [-0.3, -0.25) is 0 Å². The number of rotatable bonds is 3. The van der Waals surface area contributed by atoms with Crippen molar-refractivity contribution in [2.24, 2.45) is 0 Å². The van der Waals surface area contributed by atoms with Gasteiger partial charge < -0.3 is 16.2 Å². The van der Waals surface area contributed by atoms with Crippen LogP contribution in [-0.2, 0) is 0 Å². The Balaban J connectivity index is 2.72. The van der Waals surface area contributed by atoms with E-state index in [2.05, 4.69) is 20.3 Å². The molecule has 1 aromatic rings. The van der Waals surface area contributed by atoms with Crippen LogP contribution >= 0.6 is 11.6 Å². The first-order valence-electron chi connectivity index (χ1n) is 3.24. The molecule has 0 atom stereocenters. The molecule has 7 heteroatoms. The van der Waals surface area contributed by atoms with E-state index in [1.807, 2.05) is 0 Å². The standard InChI is InChI=1S/C5H8ClN5O/c6-3-9-4(7)11-5(10-3)8-1-2-12/h12H,1-2H2,(H3,7,8,9,10,11). The Morgan fingerprint density at radius 1 is 1.42 bits per heavy atom. The van der Waals surface area contributed by atoms with Gasteiger partial charge in [0.1, 0.15) is 0 Å². The molecule has 0 bridgehead atoms. The largest absolute Gasteiger partial charge is 0.395 e. The van der Waals surface area contributed by atoms with E-state index in [0.29, 0.717) is 6.54 Å². The Morgan fingerprint density at radius 2 is 2.17 bits per heavy atom. The maximum Gasteiger partial charge on any atom is 0.228 e. The summed E-state index contributed by atoms with van der Waals surface area (Å²) >= 11 is 5.48. The van der Waals surface area contributed by atoms with Gasteiger partial charge in [-0.1, -0.05) is 0 Å². The van der Waals surface area contributed by atoms with E-state index >= 15 is 0 Å². The van der Waals surface area contributed by atoms with Crippen molar-refractivity contribution in [1.29, 1.82) is 0 Å². The lowest BCUT2D eigenvalue weighted by atomic mass is 10.7. The molecule has 0 aliphatic carbocycles. The number of nitrogen functional groups attached to an aromatic ring is 1. The highest BCUT2D eigenvalue weighted by molar-refractivity contribution is 6.28. The number of nitrogens with zero attached hydrogens (tertiary/aromatic N) is 3. The number of halogens is 1. The van der Waals surface area contributed by atoms with Gasteiger partial charge in [0, 0.05) is 6.54 Å². The minimum atomic E-state index is -0.0107. The van der Waals surface area contributed by atoms with Gasteiger partial charge in [0.25, 0.3) is 0 Å². The Kier molecular flexibility index (Phi) is 3.01. The molecule has 0 amide bonds. The molecule has 66 valence electrons. The van der Waals surface area contributed by atoms with E-state index in [9.17, 15) is 0 Å². The van der Waals surface area contributed by atoms with Crippen LogP contribution in [0.2, 0.25) is 5.28 Å². The number of aromatic nitrogens is 3. The molecule has 6 nitrogen and oxygen atoms in total. The van der Waals surface area contributed by atoms with Crippen LogP contribution in [0.15, 0.2) is 0 Å². The van der Waals surface area contributed by atoms with Gasteiger partial charge >= 0.3 is 0 Å². The van der Waals surface area contributed by atoms with E-state index in [0.717, 1.165) is 0 Å². The number of hydrogen-bond donors (Lipinski definition) is 3. The second-order valence-electron chi connectivity index (χ2n) is 1.94. The highest BCUT2D eigenvalue weighted by Crippen LogP contribution is 2.05. The summed E-state index contributed by atoms with van der Waals surface area (Å²) in [5, 5.41) is 11.2. The minimum absolute atomic E-state index is 0.0107. The molecule has 4 N–H and O–H groups in total. The van der Waals surface area contributed by atoms with Crippen molar-refractivity contribution in [3.8, 4) is 0 Å².